The van der Waals surface area contributed by atoms with Crippen LogP contribution >= 0.6 is 0 Å². The number of hydrogen-bond donors (Lipinski definition) is 1. The second-order valence-corrected chi connectivity index (χ2v) is 6.26. The van der Waals surface area contributed by atoms with Crippen molar-refractivity contribution in [2.24, 2.45) is 0 Å². The zero-order valence-electron chi connectivity index (χ0n) is 14.0. The molecule has 132 valence electrons. The molecule has 0 aliphatic carbocycles. The Bertz CT molecular complexity index is 505. The second-order valence-electron chi connectivity index (χ2n) is 6.26. The van der Waals surface area contributed by atoms with Crippen molar-refractivity contribution in [3.63, 3.8) is 0 Å². The summed E-state index contributed by atoms with van der Waals surface area (Å²) in [6, 6.07) is 10.0. The molecule has 6 heteroatoms. The third-order valence-corrected chi connectivity index (χ3v) is 4.42. The van der Waals surface area contributed by atoms with Gasteiger partial charge >= 0.3 is 0 Å². The molecule has 1 aromatic carbocycles. The van der Waals surface area contributed by atoms with Gasteiger partial charge in [0.25, 0.3) is 0 Å². The first kappa shape index (κ1) is 17.4. The quantitative estimate of drug-likeness (QED) is 0.834. The number of ether oxygens (including phenoxy) is 3. The highest BCUT2D eigenvalue weighted by molar-refractivity contribution is 5.78. The lowest BCUT2D eigenvalue weighted by Crippen LogP contribution is -2.53. The number of hydrogen-bond acceptors (Lipinski definition) is 5. The van der Waals surface area contributed by atoms with Crippen molar-refractivity contribution in [1.29, 1.82) is 0 Å². The Balaban J connectivity index is 1.47. The predicted octanol–water partition coefficient (Wildman–Crippen LogP) is 0.809. The van der Waals surface area contributed by atoms with E-state index in [4.69, 9.17) is 14.2 Å². The molecule has 0 spiro atoms. The zero-order valence-corrected chi connectivity index (χ0v) is 14.0. The van der Waals surface area contributed by atoms with Gasteiger partial charge in [0.2, 0.25) is 5.91 Å². The van der Waals surface area contributed by atoms with Crippen molar-refractivity contribution >= 4 is 5.91 Å². The smallest absolute Gasteiger partial charge is 0.234 e. The van der Waals surface area contributed by atoms with E-state index in [2.05, 4.69) is 10.2 Å². The van der Waals surface area contributed by atoms with Crippen LogP contribution in [-0.2, 0) is 25.6 Å². The normalized spacial score (nSPS) is 25.3. The van der Waals surface area contributed by atoms with Gasteiger partial charge in [-0.1, -0.05) is 30.3 Å². The van der Waals surface area contributed by atoms with Gasteiger partial charge in [0.1, 0.15) is 0 Å². The molecule has 1 aromatic rings. The van der Waals surface area contributed by atoms with Gasteiger partial charge in [-0.3, -0.25) is 9.69 Å². The van der Waals surface area contributed by atoms with Crippen molar-refractivity contribution < 1.29 is 19.0 Å². The number of benzene rings is 1. The molecule has 0 radical (unpaired) electrons. The first-order chi connectivity index (χ1) is 11.8. The molecule has 2 aliphatic heterocycles. The lowest BCUT2D eigenvalue weighted by atomic mass is 10.1. The maximum Gasteiger partial charge on any atom is 0.234 e. The average molecular weight is 334 g/mol. The molecule has 2 aliphatic rings. The number of nitrogens with zero attached hydrogens (tertiary/aromatic N) is 1. The van der Waals surface area contributed by atoms with E-state index in [1.807, 2.05) is 30.3 Å². The second kappa shape index (κ2) is 9.13. The van der Waals surface area contributed by atoms with Crippen LogP contribution in [0.25, 0.3) is 0 Å². The number of morpholine rings is 1. The van der Waals surface area contributed by atoms with Crippen LogP contribution in [-0.4, -0.2) is 69.0 Å². The van der Waals surface area contributed by atoms with Crippen molar-refractivity contribution in [2.75, 3.05) is 46.1 Å². The van der Waals surface area contributed by atoms with Crippen LogP contribution in [0.5, 0.6) is 0 Å². The maximum absolute atomic E-state index is 12.3. The summed E-state index contributed by atoms with van der Waals surface area (Å²) in [6.07, 6.45) is 0.794. The summed E-state index contributed by atoms with van der Waals surface area (Å²) in [5, 5.41) is 3.08. The van der Waals surface area contributed by atoms with E-state index in [0.717, 1.165) is 25.1 Å². The lowest BCUT2D eigenvalue weighted by Gasteiger charge is -2.33. The fourth-order valence-electron chi connectivity index (χ4n) is 3.04. The summed E-state index contributed by atoms with van der Waals surface area (Å²) in [7, 11) is 0. The Morgan fingerprint density at radius 1 is 1.17 bits per heavy atom. The molecular weight excluding hydrogens is 308 g/mol. The summed E-state index contributed by atoms with van der Waals surface area (Å²) < 4.78 is 16.9. The molecule has 2 saturated heterocycles. The molecule has 2 atom stereocenters. The van der Waals surface area contributed by atoms with Crippen LogP contribution in [0.15, 0.2) is 30.3 Å². The van der Waals surface area contributed by atoms with Crippen LogP contribution in [0.2, 0.25) is 0 Å². The average Bonchev–Trinajstić information content (AvgIpc) is 2.63. The van der Waals surface area contributed by atoms with Crippen molar-refractivity contribution in [1.82, 2.24) is 10.2 Å². The van der Waals surface area contributed by atoms with E-state index in [0.29, 0.717) is 39.6 Å². The number of amides is 1. The van der Waals surface area contributed by atoms with Crippen molar-refractivity contribution in [2.45, 2.75) is 25.2 Å². The molecule has 1 N–H and O–H groups in total. The molecule has 2 heterocycles. The summed E-state index contributed by atoms with van der Waals surface area (Å²) in [5.41, 5.74) is 1.14. The SMILES string of the molecule is O=C(CN1CCOCC1)N[C@@H]1COCC[C@@H]1OCc1ccccc1. The highest BCUT2D eigenvalue weighted by Gasteiger charge is 2.28. The van der Waals surface area contributed by atoms with Gasteiger partial charge in [-0.15, -0.1) is 0 Å². The molecule has 1 amide bonds. The topological polar surface area (TPSA) is 60.0 Å². The van der Waals surface area contributed by atoms with E-state index in [1.54, 1.807) is 0 Å². The van der Waals surface area contributed by atoms with E-state index in [9.17, 15) is 4.79 Å². The summed E-state index contributed by atoms with van der Waals surface area (Å²) in [6.45, 7) is 5.16. The summed E-state index contributed by atoms with van der Waals surface area (Å²) in [5.74, 6) is 0.0284. The molecule has 6 nitrogen and oxygen atoms in total. The van der Waals surface area contributed by atoms with Crippen molar-refractivity contribution in [3.8, 4) is 0 Å². The van der Waals surface area contributed by atoms with Crippen molar-refractivity contribution in [3.05, 3.63) is 35.9 Å². The largest absolute Gasteiger partial charge is 0.379 e. The molecule has 0 saturated carbocycles. The minimum Gasteiger partial charge on any atom is -0.379 e. The minimum absolute atomic E-state index is 0.00686. The summed E-state index contributed by atoms with van der Waals surface area (Å²) >= 11 is 0. The number of carbonyl (C=O) groups is 1. The number of carbonyl (C=O) groups excluding carboxylic acids is 1. The highest BCUT2D eigenvalue weighted by Crippen LogP contribution is 2.14. The van der Waals surface area contributed by atoms with Crippen LogP contribution in [0.4, 0.5) is 0 Å². The zero-order chi connectivity index (χ0) is 16.6. The Hall–Kier alpha value is -1.47. The third kappa shape index (κ3) is 5.27. The Morgan fingerprint density at radius 3 is 2.75 bits per heavy atom. The number of rotatable bonds is 6. The first-order valence-electron chi connectivity index (χ1n) is 8.64. The molecular formula is C18H26N2O4. The fourth-order valence-corrected chi connectivity index (χ4v) is 3.04. The molecule has 3 rings (SSSR count). The Labute approximate surface area is 143 Å². The van der Waals surface area contributed by atoms with Gasteiger partial charge in [0.15, 0.2) is 0 Å². The number of nitrogens with one attached hydrogen (secondary N) is 1. The molecule has 0 unspecified atom stereocenters. The van der Waals surface area contributed by atoms with E-state index in [1.165, 1.54) is 0 Å². The van der Waals surface area contributed by atoms with Gasteiger partial charge in [-0.05, 0) is 12.0 Å². The van der Waals surface area contributed by atoms with Crippen LogP contribution in [0.1, 0.15) is 12.0 Å². The molecule has 0 aromatic heterocycles. The van der Waals surface area contributed by atoms with Crippen LogP contribution < -0.4 is 5.32 Å². The van der Waals surface area contributed by atoms with E-state index in [-0.39, 0.29) is 18.1 Å². The third-order valence-electron chi connectivity index (χ3n) is 4.42. The highest BCUT2D eigenvalue weighted by atomic mass is 16.5. The van der Waals surface area contributed by atoms with Crippen LogP contribution in [0, 0.1) is 0 Å². The molecule has 24 heavy (non-hydrogen) atoms. The predicted molar refractivity (Wildman–Crippen MR) is 89.6 cm³/mol. The molecule has 2 fully saturated rings. The fraction of sp³-hybridized carbons (Fsp3) is 0.611. The Morgan fingerprint density at radius 2 is 1.96 bits per heavy atom. The monoisotopic (exact) mass is 334 g/mol. The van der Waals surface area contributed by atoms with Gasteiger partial charge in [-0.25, -0.2) is 0 Å². The first-order valence-corrected chi connectivity index (χ1v) is 8.64. The van der Waals surface area contributed by atoms with Gasteiger partial charge < -0.3 is 19.5 Å². The van der Waals surface area contributed by atoms with Crippen LogP contribution in [0.3, 0.4) is 0 Å². The maximum atomic E-state index is 12.3. The minimum atomic E-state index is -0.0870. The summed E-state index contributed by atoms with van der Waals surface area (Å²) in [4.78, 5) is 14.4. The van der Waals surface area contributed by atoms with E-state index < -0.39 is 0 Å². The van der Waals surface area contributed by atoms with Gasteiger partial charge in [-0.2, -0.15) is 0 Å². The van der Waals surface area contributed by atoms with E-state index >= 15 is 0 Å². The molecule has 0 bridgehead atoms. The van der Waals surface area contributed by atoms with Gasteiger partial charge in [0, 0.05) is 19.7 Å². The van der Waals surface area contributed by atoms with Gasteiger partial charge in [0.05, 0.1) is 45.1 Å². The standard InChI is InChI=1S/C18H26N2O4/c21-18(12-20-7-10-22-11-8-20)19-16-14-23-9-6-17(16)24-13-15-4-2-1-3-5-15/h1-5,16-17H,6-14H2,(H,19,21)/t16-,17+/m1/s1. The lowest BCUT2D eigenvalue weighted by molar-refractivity contribution is -0.128. The Kier molecular flexibility index (Phi) is 6.60.